The molecular formula is C15H27N5O. The molecule has 6 heteroatoms. The van der Waals surface area contributed by atoms with Gasteiger partial charge in [-0.3, -0.25) is 10.1 Å². The van der Waals surface area contributed by atoms with Gasteiger partial charge in [-0.25, -0.2) is 4.98 Å². The van der Waals surface area contributed by atoms with Crippen molar-refractivity contribution in [1.82, 2.24) is 25.5 Å². The molecule has 0 spiro atoms. The van der Waals surface area contributed by atoms with Crippen molar-refractivity contribution in [2.24, 2.45) is 0 Å². The molecule has 0 saturated heterocycles. The highest BCUT2D eigenvalue weighted by atomic mass is 16.2. The van der Waals surface area contributed by atoms with Crippen molar-refractivity contribution in [3.63, 3.8) is 0 Å². The van der Waals surface area contributed by atoms with Gasteiger partial charge >= 0.3 is 0 Å². The third-order valence-electron chi connectivity index (χ3n) is 4.17. The molecule has 1 aromatic rings. The number of nitrogens with zero attached hydrogens (tertiary/aromatic N) is 2. The standard InChI is InChI=1S/C15H27N5O/c1-11(2)20(3)7-5-4-6-16-15(21)13-8-12-14(9-17-13)19-10-18-12/h10-11,13,17H,4-9H2,1-3H3,(H,16,21)(H,18,19). The summed E-state index contributed by atoms with van der Waals surface area (Å²) in [7, 11) is 2.14. The second-order valence-corrected chi connectivity index (χ2v) is 6.04. The molecule has 1 aliphatic heterocycles. The SMILES string of the molecule is CC(C)N(C)CCCCNC(=O)C1Cc2nc[nH]c2CN1. The van der Waals surface area contributed by atoms with Crippen molar-refractivity contribution < 1.29 is 4.79 Å². The number of hydrogen-bond acceptors (Lipinski definition) is 4. The first-order valence-corrected chi connectivity index (χ1v) is 7.80. The molecule has 118 valence electrons. The number of carbonyl (C=O) groups is 1. The summed E-state index contributed by atoms with van der Waals surface area (Å²) in [5.74, 6) is 0.0841. The van der Waals surface area contributed by atoms with Crippen LogP contribution >= 0.6 is 0 Å². The summed E-state index contributed by atoms with van der Waals surface area (Å²) >= 11 is 0. The van der Waals surface area contributed by atoms with E-state index in [1.807, 2.05) is 0 Å². The third-order valence-corrected chi connectivity index (χ3v) is 4.17. The number of fused-ring (bicyclic) bond motifs is 1. The van der Waals surface area contributed by atoms with Crippen LogP contribution < -0.4 is 10.6 Å². The molecule has 0 aliphatic carbocycles. The Bertz CT molecular complexity index is 457. The van der Waals surface area contributed by atoms with E-state index in [1.54, 1.807) is 6.33 Å². The molecule has 0 aromatic carbocycles. The maximum Gasteiger partial charge on any atom is 0.237 e. The van der Waals surface area contributed by atoms with Gasteiger partial charge in [0.25, 0.3) is 0 Å². The van der Waals surface area contributed by atoms with Gasteiger partial charge < -0.3 is 15.2 Å². The Morgan fingerprint density at radius 1 is 1.52 bits per heavy atom. The Morgan fingerprint density at radius 2 is 2.33 bits per heavy atom. The van der Waals surface area contributed by atoms with Crippen LogP contribution in [0.4, 0.5) is 0 Å². The van der Waals surface area contributed by atoms with Crippen LogP contribution in [0.25, 0.3) is 0 Å². The van der Waals surface area contributed by atoms with E-state index in [-0.39, 0.29) is 11.9 Å². The van der Waals surface area contributed by atoms with Crippen LogP contribution in [0.3, 0.4) is 0 Å². The third kappa shape index (κ3) is 4.54. The second kappa shape index (κ2) is 7.56. The molecule has 2 rings (SSSR count). The minimum atomic E-state index is -0.154. The first kappa shape index (κ1) is 16.0. The van der Waals surface area contributed by atoms with Gasteiger partial charge in [-0.1, -0.05) is 0 Å². The monoisotopic (exact) mass is 293 g/mol. The quantitative estimate of drug-likeness (QED) is 0.646. The van der Waals surface area contributed by atoms with Crippen LogP contribution in [-0.4, -0.2) is 53.0 Å². The fourth-order valence-corrected chi connectivity index (χ4v) is 2.43. The van der Waals surface area contributed by atoms with E-state index in [0.29, 0.717) is 19.0 Å². The normalized spacial score (nSPS) is 18.0. The number of aromatic nitrogens is 2. The zero-order valence-electron chi connectivity index (χ0n) is 13.3. The van der Waals surface area contributed by atoms with Gasteiger partial charge in [0.05, 0.1) is 23.8 Å². The summed E-state index contributed by atoms with van der Waals surface area (Å²) in [5.41, 5.74) is 2.10. The van der Waals surface area contributed by atoms with Crippen LogP contribution in [0, 0.1) is 0 Å². The Balaban J connectivity index is 1.62. The predicted octanol–water partition coefficient (Wildman–Crippen LogP) is 0.661. The van der Waals surface area contributed by atoms with Gasteiger partial charge in [-0.15, -0.1) is 0 Å². The lowest BCUT2D eigenvalue weighted by atomic mass is 10.0. The van der Waals surface area contributed by atoms with Crippen molar-refractivity contribution in [2.75, 3.05) is 20.1 Å². The van der Waals surface area contributed by atoms with Crippen LogP contribution in [0.2, 0.25) is 0 Å². The van der Waals surface area contributed by atoms with E-state index < -0.39 is 0 Å². The van der Waals surface area contributed by atoms with Crippen LogP contribution in [0.1, 0.15) is 38.1 Å². The Kier molecular flexibility index (Phi) is 5.76. The van der Waals surface area contributed by atoms with E-state index in [1.165, 1.54) is 0 Å². The first-order chi connectivity index (χ1) is 10.1. The lowest BCUT2D eigenvalue weighted by Crippen LogP contribution is -2.48. The number of amides is 1. The highest BCUT2D eigenvalue weighted by Crippen LogP contribution is 2.12. The number of rotatable bonds is 7. The lowest BCUT2D eigenvalue weighted by molar-refractivity contribution is -0.123. The summed E-state index contributed by atoms with van der Waals surface area (Å²) in [6.45, 7) is 6.90. The molecular weight excluding hydrogens is 266 g/mol. The number of nitrogens with one attached hydrogen (secondary N) is 3. The molecule has 0 bridgehead atoms. The van der Waals surface area contributed by atoms with E-state index >= 15 is 0 Å². The topological polar surface area (TPSA) is 73.0 Å². The summed E-state index contributed by atoms with van der Waals surface area (Å²) in [6, 6.07) is 0.424. The fraction of sp³-hybridized carbons (Fsp3) is 0.733. The molecule has 1 aliphatic rings. The molecule has 1 amide bonds. The van der Waals surface area contributed by atoms with E-state index in [4.69, 9.17) is 0 Å². The first-order valence-electron chi connectivity index (χ1n) is 7.80. The Morgan fingerprint density at radius 3 is 3.10 bits per heavy atom. The Labute approximate surface area is 126 Å². The minimum absolute atomic E-state index is 0.0841. The van der Waals surface area contributed by atoms with Crippen molar-refractivity contribution >= 4 is 5.91 Å². The number of imidazole rings is 1. The summed E-state index contributed by atoms with van der Waals surface area (Å²) < 4.78 is 0. The number of carbonyl (C=O) groups excluding carboxylic acids is 1. The van der Waals surface area contributed by atoms with Crippen LogP contribution in [-0.2, 0) is 17.8 Å². The average molecular weight is 293 g/mol. The molecule has 2 heterocycles. The molecule has 21 heavy (non-hydrogen) atoms. The van der Waals surface area contributed by atoms with Crippen molar-refractivity contribution in [3.05, 3.63) is 17.7 Å². The molecule has 1 atom stereocenters. The second-order valence-electron chi connectivity index (χ2n) is 6.04. The van der Waals surface area contributed by atoms with Gasteiger partial charge in [0, 0.05) is 25.6 Å². The largest absolute Gasteiger partial charge is 0.355 e. The molecule has 0 fully saturated rings. The van der Waals surface area contributed by atoms with Crippen LogP contribution in [0.5, 0.6) is 0 Å². The summed E-state index contributed by atoms with van der Waals surface area (Å²) in [5, 5.41) is 6.26. The molecule has 0 radical (unpaired) electrons. The smallest absolute Gasteiger partial charge is 0.237 e. The van der Waals surface area contributed by atoms with Gasteiger partial charge in [0.2, 0.25) is 5.91 Å². The van der Waals surface area contributed by atoms with Gasteiger partial charge in [0.1, 0.15) is 0 Å². The van der Waals surface area contributed by atoms with Crippen molar-refractivity contribution in [1.29, 1.82) is 0 Å². The molecule has 3 N–H and O–H groups in total. The van der Waals surface area contributed by atoms with Crippen molar-refractivity contribution in [2.45, 2.75) is 51.7 Å². The maximum absolute atomic E-state index is 12.1. The zero-order valence-corrected chi connectivity index (χ0v) is 13.3. The number of aromatic amines is 1. The van der Waals surface area contributed by atoms with E-state index in [9.17, 15) is 4.79 Å². The molecule has 6 nitrogen and oxygen atoms in total. The lowest BCUT2D eigenvalue weighted by Gasteiger charge is -2.23. The number of hydrogen-bond donors (Lipinski definition) is 3. The predicted molar refractivity (Wildman–Crippen MR) is 82.9 cm³/mol. The molecule has 1 aromatic heterocycles. The average Bonchev–Trinajstić information content (AvgIpc) is 2.93. The van der Waals surface area contributed by atoms with Gasteiger partial charge in [-0.2, -0.15) is 0 Å². The summed E-state index contributed by atoms with van der Waals surface area (Å²) in [4.78, 5) is 21.8. The minimum Gasteiger partial charge on any atom is -0.355 e. The number of H-pyrrole nitrogens is 1. The van der Waals surface area contributed by atoms with Crippen LogP contribution in [0.15, 0.2) is 6.33 Å². The highest BCUT2D eigenvalue weighted by Gasteiger charge is 2.25. The maximum atomic E-state index is 12.1. The summed E-state index contributed by atoms with van der Waals surface area (Å²) in [6.07, 6.45) is 4.48. The van der Waals surface area contributed by atoms with Gasteiger partial charge in [-0.05, 0) is 40.3 Å². The Hall–Kier alpha value is -1.40. The molecule has 1 unspecified atom stereocenters. The highest BCUT2D eigenvalue weighted by molar-refractivity contribution is 5.82. The fourth-order valence-electron chi connectivity index (χ4n) is 2.43. The molecule has 0 saturated carbocycles. The van der Waals surface area contributed by atoms with Crippen molar-refractivity contribution in [3.8, 4) is 0 Å². The number of unbranched alkanes of at least 4 members (excludes halogenated alkanes) is 1. The van der Waals surface area contributed by atoms with E-state index in [2.05, 4.69) is 46.4 Å². The zero-order chi connectivity index (χ0) is 15.2. The van der Waals surface area contributed by atoms with E-state index in [0.717, 1.165) is 37.3 Å². The van der Waals surface area contributed by atoms with Gasteiger partial charge in [0.15, 0.2) is 0 Å².